The number of carbonyl (C=O) groups is 1. The highest BCUT2D eigenvalue weighted by Crippen LogP contribution is 2.18. The highest BCUT2D eigenvalue weighted by molar-refractivity contribution is 5.60. The molecule has 1 saturated heterocycles. The second-order valence-corrected chi connectivity index (χ2v) is 3.72. The molecule has 0 spiro atoms. The molecule has 0 saturated carbocycles. The summed E-state index contributed by atoms with van der Waals surface area (Å²) in [7, 11) is 1.80. The van der Waals surface area contributed by atoms with Gasteiger partial charge < -0.3 is 19.1 Å². The first kappa shape index (κ1) is 13.4. The average Bonchev–Trinajstić information content (AvgIpc) is 2.53. The number of rotatable bonds is 3. The Bertz CT molecular complexity index is 161. The van der Waals surface area contributed by atoms with Gasteiger partial charge in [-0.3, -0.25) is 0 Å². The van der Waals surface area contributed by atoms with Crippen molar-refractivity contribution in [2.45, 2.75) is 26.7 Å². The summed E-state index contributed by atoms with van der Waals surface area (Å²) >= 11 is 0. The predicted molar refractivity (Wildman–Crippen MR) is 52.3 cm³/mol. The summed E-state index contributed by atoms with van der Waals surface area (Å²) in [6.45, 7) is 8.02. The molecule has 84 valence electrons. The van der Waals surface area contributed by atoms with Crippen LogP contribution in [-0.4, -0.2) is 43.9 Å². The molecule has 0 radical (unpaired) electrons. The fraction of sp³-hybridized carbons (Fsp3) is 0.900. The lowest BCUT2D eigenvalue weighted by Gasteiger charge is -2.31. The van der Waals surface area contributed by atoms with Crippen LogP contribution >= 0.6 is 0 Å². The lowest BCUT2D eigenvalue weighted by Crippen LogP contribution is -2.46. The van der Waals surface area contributed by atoms with Gasteiger partial charge in [0.1, 0.15) is 0 Å². The first-order chi connectivity index (χ1) is 6.56. The molecule has 0 aromatic carbocycles. The Hall–Kier alpha value is -0.610. The SMILES string of the molecule is CC(=O)[O-].CC[N+]1(COC)CCCC1. The Morgan fingerprint density at radius 2 is 1.86 bits per heavy atom. The molecule has 0 aromatic heterocycles. The van der Waals surface area contributed by atoms with Gasteiger partial charge in [0.25, 0.3) is 0 Å². The van der Waals surface area contributed by atoms with Gasteiger partial charge in [0.15, 0.2) is 6.73 Å². The van der Waals surface area contributed by atoms with Crippen LogP contribution in [-0.2, 0) is 9.53 Å². The zero-order chi connectivity index (χ0) is 11.0. The Morgan fingerprint density at radius 1 is 1.43 bits per heavy atom. The maximum Gasteiger partial charge on any atom is 0.182 e. The highest BCUT2D eigenvalue weighted by atomic mass is 16.5. The van der Waals surface area contributed by atoms with Crippen molar-refractivity contribution < 1.29 is 19.1 Å². The molecule has 0 atom stereocenters. The van der Waals surface area contributed by atoms with Crippen LogP contribution in [0.4, 0.5) is 0 Å². The quantitative estimate of drug-likeness (QED) is 0.606. The van der Waals surface area contributed by atoms with E-state index >= 15 is 0 Å². The molecule has 0 amide bonds. The molecular formula is C10H21NO3. The third-order valence-electron chi connectivity index (χ3n) is 2.59. The fourth-order valence-corrected chi connectivity index (χ4v) is 1.82. The zero-order valence-corrected chi connectivity index (χ0v) is 9.41. The number of methoxy groups -OCH3 is 1. The summed E-state index contributed by atoms with van der Waals surface area (Å²) < 4.78 is 6.38. The van der Waals surface area contributed by atoms with E-state index in [1.165, 1.54) is 37.0 Å². The average molecular weight is 203 g/mol. The molecule has 0 N–H and O–H groups in total. The number of hydrogen-bond acceptors (Lipinski definition) is 3. The maximum atomic E-state index is 8.89. The van der Waals surface area contributed by atoms with Gasteiger partial charge in [-0.15, -0.1) is 0 Å². The van der Waals surface area contributed by atoms with Crippen LogP contribution in [0.3, 0.4) is 0 Å². The normalized spacial score (nSPS) is 18.5. The van der Waals surface area contributed by atoms with Gasteiger partial charge in [-0.1, -0.05) is 0 Å². The number of carboxylic acids is 1. The van der Waals surface area contributed by atoms with Crippen LogP contribution in [0.5, 0.6) is 0 Å². The lowest BCUT2D eigenvalue weighted by molar-refractivity contribution is -0.932. The van der Waals surface area contributed by atoms with Gasteiger partial charge in [-0.2, -0.15) is 0 Å². The van der Waals surface area contributed by atoms with E-state index in [-0.39, 0.29) is 0 Å². The third kappa shape index (κ3) is 5.19. The van der Waals surface area contributed by atoms with Gasteiger partial charge in [-0.05, 0) is 13.8 Å². The summed E-state index contributed by atoms with van der Waals surface area (Å²) in [6, 6.07) is 0. The monoisotopic (exact) mass is 203 g/mol. The van der Waals surface area contributed by atoms with Crippen molar-refractivity contribution in [2.24, 2.45) is 0 Å². The molecular weight excluding hydrogens is 182 g/mol. The number of carboxylic acid groups (broad SMARTS) is 1. The summed E-state index contributed by atoms with van der Waals surface area (Å²) in [5.74, 6) is -1.08. The molecule has 0 unspecified atom stereocenters. The second-order valence-electron chi connectivity index (χ2n) is 3.72. The van der Waals surface area contributed by atoms with Crippen molar-refractivity contribution in [1.29, 1.82) is 0 Å². The van der Waals surface area contributed by atoms with Crippen molar-refractivity contribution in [2.75, 3.05) is 33.5 Å². The number of ether oxygens (including phenoxy) is 1. The molecule has 0 aliphatic carbocycles. The topological polar surface area (TPSA) is 49.4 Å². The largest absolute Gasteiger partial charge is 0.550 e. The molecule has 1 heterocycles. The van der Waals surface area contributed by atoms with E-state index in [0.29, 0.717) is 0 Å². The van der Waals surface area contributed by atoms with E-state index in [4.69, 9.17) is 14.6 Å². The molecule has 1 aliphatic heterocycles. The number of hydrogen-bond donors (Lipinski definition) is 0. The van der Waals surface area contributed by atoms with Crippen LogP contribution in [0, 0.1) is 0 Å². The standard InChI is InChI=1S/C8H18NO.C2H4O2/c1-3-9(8-10-2)6-4-5-7-9;1-2(3)4/h3-8H2,1-2H3;1H3,(H,3,4)/q+1;/p-1. The summed E-state index contributed by atoms with van der Waals surface area (Å²) in [5.41, 5.74) is 0. The van der Waals surface area contributed by atoms with E-state index in [9.17, 15) is 0 Å². The molecule has 1 rings (SSSR count). The summed E-state index contributed by atoms with van der Waals surface area (Å²) in [4.78, 5) is 8.89. The Kier molecular flexibility index (Phi) is 6.49. The molecule has 14 heavy (non-hydrogen) atoms. The first-order valence-corrected chi connectivity index (χ1v) is 5.08. The van der Waals surface area contributed by atoms with Gasteiger partial charge >= 0.3 is 0 Å². The molecule has 1 fully saturated rings. The van der Waals surface area contributed by atoms with Crippen LogP contribution in [0.2, 0.25) is 0 Å². The molecule has 1 aliphatic rings. The van der Waals surface area contributed by atoms with Crippen molar-refractivity contribution in [3.05, 3.63) is 0 Å². The van der Waals surface area contributed by atoms with E-state index in [1.54, 1.807) is 7.11 Å². The van der Waals surface area contributed by atoms with Crippen LogP contribution in [0.15, 0.2) is 0 Å². The molecule has 0 aromatic rings. The van der Waals surface area contributed by atoms with E-state index in [2.05, 4.69) is 6.92 Å². The molecule has 4 heteroatoms. The summed E-state index contributed by atoms with van der Waals surface area (Å²) in [6.07, 6.45) is 2.77. The highest BCUT2D eigenvalue weighted by Gasteiger charge is 2.29. The minimum atomic E-state index is -1.08. The van der Waals surface area contributed by atoms with Gasteiger partial charge in [0, 0.05) is 25.9 Å². The Labute approximate surface area is 86.1 Å². The molecule has 0 bridgehead atoms. The predicted octanol–water partition coefficient (Wildman–Crippen LogP) is -0.0230. The third-order valence-corrected chi connectivity index (χ3v) is 2.59. The van der Waals surface area contributed by atoms with E-state index in [1.807, 2.05) is 0 Å². The van der Waals surface area contributed by atoms with Gasteiger partial charge in [0.2, 0.25) is 0 Å². The van der Waals surface area contributed by atoms with Crippen LogP contribution < -0.4 is 5.11 Å². The molecule has 4 nitrogen and oxygen atoms in total. The fourth-order valence-electron chi connectivity index (χ4n) is 1.82. The van der Waals surface area contributed by atoms with Crippen molar-refractivity contribution >= 4 is 5.97 Å². The number of quaternary nitrogens is 1. The van der Waals surface area contributed by atoms with Crippen molar-refractivity contribution in [3.63, 3.8) is 0 Å². The minimum Gasteiger partial charge on any atom is -0.550 e. The summed E-state index contributed by atoms with van der Waals surface area (Å²) in [5, 5.41) is 8.89. The number of likely N-dealkylation sites (tertiary alicyclic amines) is 1. The lowest BCUT2D eigenvalue weighted by atomic mass is 10.4. The van der Waals surface area contributed by atoms with Crippen molar-refractivity contribution in [3.8, 4) is 0 Å². The Morgan fingerprint density at radius 3 is 2.14 bits per heavy atom. The number of carbonyl (C=O) groups excluding carboxylic acids is 1. The first-order valence-electron chi connectivity index (χ1n) is 5.08. The smallest absolute Gasteiger partial charge is 0.182 e. The van der Waals surface area contributed by atoms with Gasteiger partial charge in [0.05, 0.1) is 19.6 Å². The number of nitrogens with zero attached hydrogens (tertiary/aromatic N) is 1. The van der Waals surface area contributed by atoms with Gasteiger partial charge in [-0.25, -0.2) is 0 Å². The maximum absolute atomic E-state index is 8.89. The van der Waals surface area contributed by atoms with E-state index < -0.39 is 5.97 Å². The van der Waals surface area contributed by atoms with Crippen LogP contribution in [0.1, 0.15) is 26.7 Å². The minimum absolute atomic E-state index is 0.913. The van der Waals surface area contributed by atoms with Crippen LogP contribution in [0.25, 0.3) is 0 Å². The zero-order valence-electron chi connectivity index (χ0n) is 9.41. The Balaban J connectivity index is 0.000000364. The van der Waals surface area contributed by atoms with Crippen molar-refractivity contribution in [1.82, 2.24) is 0 Å². The second kappa shape index (κ2) is 6.79. The number of aliphatic carboxylic acids is 1. The van der Waals surface area contributed by atoms with E-state index in [0.717, 1.165) is 13.7 Å².